The number of cyclic esters (lactones) is 1. The summed E-state index contributed by atoms with van der Waals surface area (Å²) in [4.78, 5) is 22.7. The minimum atomic E-state index is -1.25. The number of ketones is 1. The number of hydrogen-bond donors (Lipinski definition) is 2. The van der Waals surface area contributed by atoms with Crippen LogP contribution >= 0.6 is 0 Å². The van der Waals surface area contributed by atoms with Crippen LogP contribution in [0, 0.1) is 0 Å². The number of para-hydroxylation sites is 1. The van der Waals surface area contributed by atoms with Gasteiger partial charge in [-0.15, -0.1) is 0 Å². The summed E-state index contributed by atoms with van der Waals surface area (Å²) < 4.78 is 4.50. The number of carbonyl (C=O) groups excluding carboxylic acids is 2. The first-order valence-electron chi connectivity index (χ1n) is 5.48. The monoisotopic (exact) mass is 248 g/mol. The molecule has 0 radical (unpaired) electrons. The van der Waals surface area contributed by atoms with E-state index < -0.39 is 12.3 Å². The van der Waals surface area contributed by atoms with Crippen LogP contribution in [-0.2, 0) is 9.53 Å². The van der Waals surface area contributed by atoms with E-state index in [1.165, 1.54) is 18.2 Å². The van der Waals surface area contributed by atoms with Gasteiger partial charge in [0.2, 0.25) is 6.29 Å². The van der Waals surface area contributed by atoms with Gasteiger partial charge < -0.3 is 14.9 Å². The molecule has 5 nitrogen and oxygen atoms in total. The maximum Gasteiger partial charge on any atom is 0.333 e. The van der Waals surface area contributed by atoms with E-state index in [1.807, 2.05) is 0 Å². The van der Waals surface area contributed by atoms with Gasteiger partial charge in [-0.05, 0) is 18.6 Å². The summed E-state index contributed by atoms with van der Waals surface area (Å²) in [5.74, 6) is -0.927. The second-order valence-electron chi connectivity index (χ2n) is 3.95. The Bertz CT molecular complexity index is 518. The third-order valence-corrected chi connectivity index (χ3v) is 2.69. The molecule has 0 aliphatic carbocycles. The first-order chi connectivity index (χ1) is 8.58. The largest absolute Gasteiger partial charge is 0.507 e. The minimum Gasteiger partial charge on any atom is -0.507 e. The van der Waals surface area contributed by atoms with E-state index in [9.17, 15) is 19.8 Å². The van der Waals surface area contributed by atoms with Gasteiger partial charge in [0.15, 0.2) is 5.78 Å². The Hall–Kier alpha value is -2.14. The van der Waals surface area contributed by atoms with Crippen molar-refractivity contribution in [1.82, 2.24) is 0 Å². The van der Waals surface area contributed by atoms with Gasteiger partial charge in [-0.3, -0.25) is 4.79 Å². The molecule has 0 fully saturated rings. The quantitative estimate of drug-likeness (QED) is 0.617. The molecule has 1 aliphatic heterocycles. The SMILES string of the molecule is O=C1C=C(CCC(=O)c2ccccc2O)C(O)O1. The Morgan fingerprint density at radius 3 is 2.67 bits per heavy atom. The number of phenols is 1. The van der Waals surface area contributed by atoms with Crippen LogP contribution in [0.15, 0.2) is 35.9 Å². The highest BCUT2D eigenvalue weighted by Crippen LogP contribution is 2.22. The molecule has 0 saturated heterocycles. The van der Waals surface area contributed by atoms with Crippen LogP contribution in [-0.4, -0.2) is 28.3 Å². The Morgan fingerprint density at radius 2 is 2.06 bits per heavy atom. The van der Waals surface area contributed by atoms with Gasteiger partial charge in [0.05, 0.1) is 5.56 Å². The molecule has 2 rings (SSSR count). The lowest BCUT2D eigenvalue weighted by molar-refractivity contribution is -0.151. The highest BCUT2D eigenvalue weighted by atomic mass is 16.6. The Labute approximate surface area is 103 Å². The van der Waals surface area contributed by atoms with E-state index in [0.717, 1.165) is 0 Å². The minimum absolute atomic E-state index is 0.0734. The molecular formula is C13H12O5. The molecule has 18 heavy (non-hydrogen) atoms. The fourth-order valence-electron chi connectivity index (χ4n) is 1.74. The second kappa shape index (κ2) is 5.01. The van der Waals surface area contributed by atoms with Crippen molar-refractivity contribution in [2.75, 3.05) is 0 Å². The zero-order chi connectivity index (χ0) is 13.1. The third kappa shape index (κ3) is 2.57. The molecule has 1 atom stereocenters. The Balaban J connectivity index is 1.99. The molecule has 94 valence electrons. The standard InChI is InChI=1S/C13H12O5/c14-10-4-2-1-3-9(10)11(15)6-5-8-7-12(16)18-13(8)17/h1-4,7,13-14,17H,5-6H2. The van der Waals surface area contributed by atoms with Crippen LogP contribution in [0.4, 0.5) is 0 Å². The molecule has 0 bridgehead atoms. The molecule has 0 spiro atoms. The fourth-order valence-corrected chi connectivity index (χ4v) is 1.74. The number of aliphatic hydroxyl groups is 1. The summed E-state index contributed by atoms with van der Waals surface area (Å²) in [6.07, 6.45) is 0.245. The number of aliphatic hydroxyl groups excluding tert-OH is 1. The first-order valence-corrected chi connectivity index (χ1v) is 5.48. The molecule has 0 aromatic heterocycles. The highest BCUT2D eigenvalue weighted by Gasteiger charge is 2.24. The number of phenolic OH excluding ortho intramolecular Hbond substituents is 1. The van der Waals surface area contributed by atoms with Crippen molar-refractivity contribution in [3.05, 3.63) is 41.5 Å². The summed E-state index contributed by atoms with van der Waals surface area (Å²) in [5, 5.41) is 18.8. The lowest BCUT2D eigenvalue weighted by atomic mass is 10.0. The number of hydrogen-bond acceptors (Lipinski definition) is 5. The molecule has 0 saturated carbocycles. The number of ether oxygens (including phenoxy) is 1. The topological polar surface area (TPSA) is 83.8 Å². The predicted molar refractivity (Wildman–Crippen MR) is 61.9 cm³/mol. The maximum atomic E-state index is 11.8. The second-order valence-corrected chi connectivity index (χ2v) is 3.95. The number of carbonyl (C=O) groups is 2. The van der Waals surface area contributed by atoms with Crippen molar-refractivity contribution in [3.8, 4) is 5.75 Å². The normalized spacial score (nSPS) is 18.4. The van der Waals surface area contributed by atoms with E-state index in [-0.39, 0.29) is 29.9 Å². The number of Topliss-reactive ketones (excluding diaryl/α,β-unsaturated/α-hetero) is 1. The van der Waals surface area contributed by atoms with Gasteiger partial charge in [0.1, 0.15) is 5.75 Å². The summed E-state index contributed by atoms with van der Waals surface area (Å²) in [7, 11) is 0. The fraction of sp³-hybridized carbons (Fsp3) is 0.231. The van der Waals surface area contributed by atoms with Crippen LogP contribution in [0.3, 0.4) is 0 Å². The zero-order valence-corrected chi connectivity index (χ0v) is 9.50. The van der Waals surface area contributed by atoms with Gasteiger partial charge in [0.25, 0.3) is 0 Å². The lowest BCUT2D eigenvalue weighted by Crippen LogP contribution is -2.11. The van der Waals surface area contributed by atoms with E-state index in [1.54, 1.807) is 12.1 Å². The van der Waals surface area contributed by atoms with Gasteiger partial charge in [0, 0.05) is 18.1 Å². The van der Waals surface area contributed by atoms with Gasteiger partial charge in [-0.1, -0.05) is 12.1 Å². The van der Waals surface area contributed by atoms with E-state index >= 15 is 0 Å². The van der Waals surface area contributed by atoms with Crippen molar-refractivity contribution < 1.29 is 24.5 Å². The number of rotatable bonds is 4. The van der Waals surface area contributed by atoms with E-state index in [4.69, 9.17) is 0 Å². The van der Waals surface area contributed by atoms with Crippen LogP contribution < -0.4 is 0 Å². The van der Waals surface area contributed by atoms with Gasteiger partial charge in [-0.2, -0.15) is 0 Å². The van der Waals surface area contributed by atoms with Crippen molar-refractivity contribution >= 4 is 11.8 Å². The molecule has 1 heterocycles. The number of aromatic hydroxyl groups is 1. The average Bonchev–Trinajstić information content (AvgIpc) is 2.65. The smallest absolute Gasteiger partial charge is 0.333 e. The van der Waals surface area contributed by atoms with Gasteiger partial charge in [-0.25, -0.2) is 4.79 Å². The molecule has 1 aromatic carbocycles. The van der Waals surface area contributed by atoms with Crippen LogP contribution in [0.2, 0.25) is 0 Å². The van der Waals surface area contributed by atoms with Crippen LogP contribution in [0.1, 0.15) is 23.2 Å². The summed E-state index contributed by atoms with van der Waals surface area (Å²) in [6, 6.07) is 6.24. The molecule has 1 aliphatic rings. The van der Waals surface area contributed by atoms with Gasteiger partial charge >= 0.3 is 5.97 Å². The number of benzene rings is 1. The first kappa shape index (κ1) is 12.3. The summed E-state index contributed by atoms with van der Waals surface area (Å²) in [5.41, 5.74) is 0.613. The van der Waals surface area contributed by atoms with E-state index in [2.05, 4.69) is 4.74 Å². The third-order valence-electron chi connectivity index (χ3n) is 2.69. The average molecular weight is 248 g/mol. The molecule has 1 aromatic rings. The summed E-state index contributed by atoms with van der Waals surface area (Å²) in [6.45, 7) is 0. The zero-order valence-electron chi connectivity index (χ0n) is 9.50. The molecule has 5 heteroatoms. The van der Waals surface area contributed by atoms with Crippen LogP contribution in [0.5, 0.6) is 5.75 Å². The summed E-state index contributed by atoms with van der Waals surface area (Å²) >= 11 is 0. The predicted octanol–water partition coefficient (Wildman–Crippen LogP) is 1.16. The Kier molecular flexibility index (Phi) is 3.43. The van der Waals surface area contributed by atoms with Crippen molar-refractivity contribution in [2.45, 2.75) is 19.1 Å². The molecule has 2 N–H and O–H groups in total. The lowest BCUT2D eigenvalue weighted by Gasteiger charge is -2.07. The molecular weight excluding hydrogens is 236 g/mol. The van der Waals surface area contributed by atoms with Crippen molar-refractivity contribution in [3.63, 3.8) is 0 Å². The van der Waals surface area contributed by atoms with Crippen molar-refractivity contribution in [2.24, 2.45) is 0 Å². The van der Waals surface area contributed by atoms with Crippen LogP contribution in [0.25, 0.3) is 0 Å². The highest BCUT2D eigenvalue weighted by molar-refractivity contribution is 5.98. The molecule has 0 amide bonds. The van der Waals surface area contributed by atoms with Crippen molar-refractivity contribution in [1.29, 1.82) is 0 Å². The maximum absolute atomic E-state index is 11.8. The van der Waals surface area contributed by atoms with E-state index in [0.29, 0.717) is 5.57 Å². The molecule has 1 unspecified atom stereocenters. The Morgan fingerprint density at radius 1 is 1.33 bits per heavy atom. The number of esters is 1.